The molecule has 3 heteroatoms. The van der Waals surface area contributed by atoms with Crippen LogP contribution in [0.5, 0.6) is 0 Å². The molecule has 0 aromatic heterocycles. The normalized spacial score (nSPS) is 28.5. The summed E-state index contributed by atoms with van der Waals surface area (Å²) in [6.45, 7) is 4.21. The fourth-order valence-corrected chi connectivity index (χ4v) is 2.85. The zero-order valence-corrected chi connectivity index (χ0v) is 12.5. The molecule has 0 radical (unpaired) electrons. The van der Waals surface area contributed by atoms with Gasteiger partial charge in [-0.3, -0.25) is 5.32 Å². The second-order valence-electron chi connectivity index (χ2n) is 5.90. The molecule has 0 fully saturated rings. The van der Waals surface area contributed by atoms with E-state index in [1.807, 2.05) is 12.2 Å². The molecule has 0 aromatic carbocycles. The Kier molecular flexibility index (Phi) is 5.45. The molecule has 0 aliphatic heterocycles. The molecule has 0 heterocycles. The average Bonchev–Trinajstić information content (AvgIpc) is 2.31. The number of carbonyl (C=O) groups is 1. The molecule has 20 heavy (non-hydrogen) atoms. The van der Waals surface area contributed by atoms with Gasteiger partial charge < -0.3 is 4.74 Å². The minimum absolute atomic E-state index is 0.0754. The van der Waals surface area contributed by atoms with Gasteiger partial charge >= 0.3 is 6.09 Å². The van der Waals surface area contributed by atoms with E-state index in [4.69, 9.17) is 4.74 Å². The van der Waals surface area contributed by atoms with Crippen LogP contribution in [0.3, 0.4) is 0 Å². The summed E-state index contributed by atoms with van der Waals surface area (Å²) < 4.78 is 5.50. The molecule has 110 valence electrons. The van der Waals surface area contributed by atoms with Crippen molar-refractivity contribution >= 4 is 6.09 Å². The maximum atomic E-state index is 12.0. The molecule has 0 spiro atoms. The van der Waals surface area contributed by atoms with Gasteiger partial charge in [-0.2, -0.15) is 0 Å². The fourth-order valence-electron chi connectivity index (χ4n) is 2.85. The second kappa shape index (κ2) is 7.32. The topological polar surface area (TPSA) is 38.3 Å². The van der Waals surface area contributed by atoms with Gasteiger partial charge in [-0.15, -0.1) is 0 Å². The lowest BCUT2D eigenvalue weighted by Gasteiger charge is -2.20. The van der Waals surface area contributed by atoms with E-state index >= 15 is 0 Å². The van der Waals surface area contributed by atoms with E-state index in [1.54, 1.807) is 0 Å². The van der Waals surface area contributed by atoms with Gasteiger partial charge in [0.2, 0.25) is 0 Å². The monoisotopic (exact) mass is 275 g/mol. The lowest BCUT2D eigenvalue weighted by molar-refractivity contribution is 0.115. The van der Waals surface area contributed by atoms with Gasteiger partial charge in [-0.1, -0.05) is 31.1 Å². The van der Waals surface area contributed by atoms with E-state index in [1.165, 1.54) is 18.4 Å². The number of rotatable bonds is 2. The van der Waals surface area contributed by atoms with Crippen molar-refractivity contribution in [3.05, 3.63) is 35.6 Å². The molecule has 0 saturated heterocycles. The lowest BCUT2D eigenvalue weighted by Crippen LogP contribution is -2.29. The van der Waals surface area contributed by atoms with Gasteiger partial charge in [0.05, 0.1) is 0 Å². The van der Waals surface area contributed by atoms with Crippen LogP contribution in [0.4, 0.5) is 4.79 Å². The fraction of sp³-hybridized carbons (Fsp3) is 0.588. The lowest BCUT2D eigenvalue weighted by atomic mass is 9.96. The van der Waals surface area contributed by atoms with Gasteiger partial charge in [-0.05, 0) is 57.1 Å². The molecular formula is C17H25NO2. The first-order valence-electron chi connectivity index (χ1n) is 7.67. The van der Waals surface area contributed by atoms with Crippen LogP contribution in [0.1, 0.15) is 52.4 Å². The predicted octanol–water partition coefficient (Wildman–Crippen LogP) is 4.47. The first kappa shape index (κ1) is 14.9. The van der Waals surface area contributed by atoms with Crippen LogP contribution in [0.15, 0.2) is 35.6 Å². The average molecular weight is 275 g/mol. The molecule has 1 N–H and O–H groups in total. The van der Waals surface area contributed by atoms with E-state index < -0.39 is 0 Å². The second-order valence-corrected chi connectivity index (χ2v) is 5.90. The summed E-state index contributed by atoms with van der Waals surface area (Å²) in [7, 11) is 0. The van der Waals surface area contributed by atoms with Crippen LogP contribution in [0, 0.1) is 5.92 Å². The Morgan fingerprint density at radius 2 is 2.20 bits per heavy atom. The highest BCUT2D eigenvalue weighted by atomic mass is 16.6. The number of carbonyl (C=O) groups excluding carboxylic acids is 1. The van der Waals surface area contributed by atoms with Gasteiger partial charge in [0.25, 0.3) is 0 Å². The van der Waals surface area contributed by atoms with Crippen LogP contribution in [-0.4, -0.2) is 12.2 Å². The predicted molar refractivity (Wildman–Crippen MR) is 81.3 cm³/mol. The molecule has 2 atom stereocenters. The molecule has 0 bridgehead atoms. The van der Waals surface area contributed by atoms with Crippen molar-refractivity contribution in [2.75, 3.05) is 0 Å². The quantitative estimate of drug-likeness (QED) is 0.755. The summed E-state index contributed by atoms with van der Waals surface area (Å²) >= 11 is 0. The Hall–Kier alpha value is -1.51. The largest absolute Gasteiger partial charge is 0.442 e. The highest BCUT2D eigenvalue weighted by Crippen LogP contribution is 2.21. The number of hydrogen-bond donors (Lipinski definition) is 1. The number of hydrogen-bond acceptors (Lipinski definition) is 2. The standard InChI is InChI=1S/C17H25NO2/c1-13-10-14(2)12-15(11-13)18-17(19)20-16-8-6-4-3-5-7-9-16/h6,8,10-11,14,16H,3-5,7,9,12H2,1-2H3,(H,18,19)/b8-6+. The number of nitrogens with one attached hydrogen (secondary N) is 1. The molecular weight excluding hydrogens is 250 g/mol. The minimum Gasteiger partial charge on any atom is -0.442 e. The zero-order chi connectivity index (χ0) is 14.4. The smallest absolute Gasteiger partial charge is 0.411 e. The summed E-state index contributed by atoms with van der Waals surface area (Å²) in [5.41, 5.74) is 2.15. The van der Waals surface area contributed by atoms with Gasteiger partial charge in [0.15, 0.2) is 0 Å². The summed E-state index contributed by atoms with van der Waals surface area (Å²) in [4.78, 5) is 12.0. The Morgan fingerprint density at radius 3 is 3.00 bits per heavy atom. The van der Waals surface area contributed by atoms with Crippen LogP contribution in [0.2, 0.25) is 0 Å². The Balaban J connectivity index is 1.85. The third-order valence-corrected chi connectivity index (χ3v) is 3.72. The number of allylic oxidation sites excluding steroid dienone is 5. The third-order valence-electron chi connectivity index (χ3n) is 3.72. The Bertz CT molecular complexity index is 434. The maximum absolute atomic E-state index is 12.0. The van der Waals surface area contributed by atoms with Gasteiger partial charge in [-0.25, -0.2) is 4.79 Å². The van der Waals surface area contributed by atoms with Gasteiger partial charge in [0.1, 0.15) is 6.10 Å². The maximum Gasteiger partial charge on any atom is 0.411 e. The summed E-state index contributed by atoms with van der Waals surface area (Å²) in [5, 5.41) is 2.89. The van der Waals surface area contributed by atoms with Crippen molar-refractivity contribution in [3.63, 3.8) is 0 Å². The van der Waals surface area contributed by atoms with Crippen molar-refractivity contribution in [1.82, 2.24) is 5.32 Å². The number of ether oxygens (including phenoxy) is 1. The molecule has 3 nitrogen and oxygen atoms in total. The molecule has 2 aliphatic carbocycles. The van der Waals surface area contributed by atoms with Crippen molar-refractivity contribution in [2.45, 2.75) is 58.5 Å². The van der Waals surface area contributed by atoms with E-state index in [-0.39, 0.29) is 12.2 Å². The van der Waals surface area contributed by atoms with E-state index in [0.29, 0.717) is 5.92 Å². The van der Waals surface area contributed by atoms with Crippen molar-refractivity contribution in [2.24, 2.45) is 5.92 Å². The summed E-state index contributed by atoms with van der Waals surface area (Å²) in [5.74, 6) is 0.469. The first-order valence-corrected chi connectivity index (χ1v) is 7.67. The summed E-state index contributed by atoms with van der Waals surface area (Å²) in [6, 6.07) is 0. The molecule has 0 aromatic rings. The molecule has 0 saturated carbocycles. The van der Waals surface area contributed by atoms with E-state index in [2.05, 4.69) is 31.3 Å². The van der Waals surface area contributed by atoms with Crippen LogP contribution in [-0.2, 0) is 4.74 Å². The van der Waals surface area contributed by atoms with E-state index in [0.717, 1.165) is 31.4 Å². The molecule has 2 aliphatic rings. The van der Waals surface area contributed by atoms with E-state index in [9.17, 15) is 4.79 Å². The number of amides is 1. The first-order chi connectivity index (χ1) is 9.63. The Labute approximate surface area is 121 Å². The van der Waals surface area contributed by atoms with Gasteiger partial charge in [0, 0.05) is 5.70 Å². The third kappa shape index (κ3) is 4.87. The summed E-state index contributed by atoms with van der Waals surface area (Å²) in [6.07, 6.45) is 14.5. The van der Waals surface area contributed by atoms with Crippen molar-refractivity contribution in [3.8, 4) is 0 Å². The van der Waals surface area contributed by atoms with Crippen molar-refractivity contribution < 1.29 is 9.53 Å². The van der Waals surface area contributed by atoms with Crippen LogP contribution in [0.25, 0.3) is 0 Å². The van der Waals surface area contributed by atoms with Crippen LogP contribution < -0.4 is 5.32 Å². The van der Waals surface area contributed by atoms with Crippen LogP contribution >= 0.6 is 0 Å². The molecule has 2 unspecified atom stereocenters. The van der Waals surface area contributed by atoms with Crippen molar-refractivity contribution in [1.29, 1.82) is 0 Å². The minimum atomic E-state index is -0.326. The highest BCUT2D eigenvalue weighted by molar-refractivity contribution is 5.70. The highest BCUT2D eigenvalue weighted by Gasteiger charge is 2.16. The molecule has 1 amide bonds. The Morgan fingerprint density at radius 1 is 1.35 bits per heavy atom. The number of alkyl carbamates (subject to hydrolysis) is 1. The molecule has 2 rings (SSSR count). The zero-order valence-electron chi connectivity index (χ0n) is 12.5. The SMILES string of the molecule is CC1=CC(C)CC(NC(=O)OC2/C=C/CCCCC2)=C1.